The van der Waals surface area contributed by atoms with Gasteiger partial charge in [-0.1, -0.05) is 33.8 Å². The third kappa shape index (κ3) is 6.60. The summed E-state index contributed by atoms with van der Waals surface area (Å²) in [5.74, 6) is -0.461. The van der Waals surface area contributed by atoms with Crippen molar-refractivity contribution in [2.24, 2.45) is 0 Å². The minimum Gasteiger partial charge on any atom is -0.470 e. The summed E-state index contributed by atoms with van der Waals surface area (Å²) in [6, 6.07) is 0.659. The molecule has 4 nitrogen and oxygen atoms in total. The van der Waals surface area contributed by atoms with Gasteiger partial charge in [-0.15, -0.1) is 0 Å². The molecule has 0 spiro atoms. The van der Waals surface area contributed by atoms with Gasteiger partial charge in [0.05, 0.1) is 0 Å². The molecule has 17 heavy (non-hydrogen) atoms. The van der Waals surface area contributed by atoms with Crippen LogP contribution in [0.5, 0.6) is 0 Å². The van der Waals surface area contributed by atoms with E-state index in [0.29, 0.717) is 19.3 Å². The highest BCUT2D eigenvalue weighted by atomic mass is 28.4. The van der Waals surface area contributed by atoms with Crippen molar-refractivity contribution in [3.8, 4) is 0 Å². The summed E-state index contributed by atoms with van der Waals surface area (Å²) in [6.07, 6.45) is 3.77. The Balaban J connectivity index is 4.65. The van der Waals surface area contributed by atoms with Crippen molar-refractivity contribution in [3.05, 3.63) is 12.7 Å². The predicted octanol–water partition coefficient (Wildman–Crippen LogP) is 2.92. The smallest absolute Gasteiger partial charge is 0.470 e. The van der Waals surface area contributed by atoms with Crippen LogP contribution in [0.3, 0.4) is 0 Å². The molecule has 0 amide bonds. The van der Waals surface area contributed by atoms with Gasteiger partial charge in [0.1, 0.15) is 0 Å². The molecule has 100 valence electrons. The maximum absolute atomic E-state index is 11.4. The lowest BCUT2D eigenvalue weighted by molar-refractivity contribution is -0.133. The minimum atomic E-state index is -2.84. The van der Waals surface area contributed by atoms with E-state index in [1.807, 2.05) is 20.8 Å². The average Bonchev–Trinajstić information content (AvgIpc) is 2.34. The number of carbonyl (C=O) groups is 1. The molecule has 0 aromatic carbocycles. The topological polar surface area (TPSA) is 44.8 Å². The molecule has 0 aromatic heterocycles. The maximum Gasteiger partial charge on any atom is 0.568 e. The van der Waals surface area contributed by atoms with Gasteiger partial charge in [0, 0.05) is 25.3 Å². The molecule has 0 rings (SSSR count). The van der Waals surface area contributed by atoms with Gasteiger partial charge in [-0.25, -0.2) is 4.79 Å². The normalized spacial score (nSPS) is 11.2. The van der Waals surface area contributed by atoms with Gasteiger partial charge in [0.25, 0.3) is 0 Å². The average molecular weight is 260 g/mol. The number of hydrogen-bond donors (Lipinski definition) is 0. The highest BCUT2D eigenvalue weighted by Crippen LogP contribution is 2.19. The van der Waals surface area contributed by atoms with E-state index < -0.39 is 14.8 Å². The first-order valence-electron chi connectivity index (χ1n) is 6.27. The molecule has 0 radical (unpaired) electrons. The molecule has 0 unspecified atom stereocenters. The Kier molecular flexibility index (Phi) is 9.02. The van der Waals surface area contributed by atoms with Crippen molar-refractivity contribution in [1.82, 2.24) is 0 Å². The van der Waals surface area contributed by atoms with Crippen molar-refractivity contribution in [3.63, 3.8) is 0 Å². The van der Waals surface area contributed by atoms with E-state index in [4.69, 9.17) is 13.3 Å². The summed E-state index contributed by atoms with van der Waals surface area (Å²) in [4.78, 5) is 11.4. The standard InChI is InChI=1S/C12H24O4Si/c1-5-9-14-17(11-7-3,15-10-6-2)16-12(13)8-4/h8H,4-7,9-11H2,1-3H3. The molecule has 0 bridgehead atoms. The van der Waals surface area contributed by atoms with Crippen LogP contribution in [-0.4, -0.2) is 28.0 Å². The van der Waals surface area contributed by atoms with Gasteiger partial charge in [0.2, 0.25) is 0 Å². The highest BCUT2D eigenvalue weighted by Gasteiger charge is 2.43. The Hall–Kier alpha value is -0.653. The fourth-order valence-electron chi connectivity index (χ4n) is 1.31. The fourth-order valence-corrected chi connectivity index (χ4v) is 3.94. The van der Waals surface area contributed by atoms with Gasteiger partial charge < -0.3 is 13.3 Å². The molecular weight excluding hydrogens is 236 g/mol. The molecule has 0 N–H and O–H groups in total. The van der Waals surface area contributed by atoms with Gasteiger partial charge in [-0.2, -0.15) is 0 Å². The fraction of sp³-hybridized carbons (Fsp3) is 0.750. The monoisotopic (exact) mass is 260 g/mol. The van der Waals surface area contributed by atoms with Crippen LogP contribution in [0.4, 0.5) is 0 Å². The molecule has 0 saturated heterocycles. The number of rotatable bonds is 10. The molecular formula is C12H24O4Si. The van der Waals surface area contributed by atoms with Gasteiger partial charge in [0.15, 0.2) is 0 Å². The first-order valence-corrected chi connectivity index (χ1v) is 8.20. The van der Waals surface area contributed by atoms with Crippen molar-refractivity contribution in [2.75, 3.05) is 13.2 Å². The lowest BCUT2D eigenvalue weighted by atomic mass is 10.5. The van der Waals surface area contributed by atoms with E-state index in [1.54, 1.807) is 0 Å². The Morgan fingerprint density at radius 2 is 1.65 bits per heavy atom. The second-order valence-electron chi connectivity index (χ2n) is 3.76. The van der Waals surface area contributed by atoms with E-state index in [0.717, 1.165) is 25.3 Å². The molecule has 0 atom stereocenters. The minimum absolute atomic E-state index is 0.461. The molecule has 0 aliphatic heterocycles. The van der Waals surface area contributed by atoms with Crippen LogP contribution in [0.1, 0.15) is 40.0 Å². The third-order valence-electron chi connectivity index (χ3n) is 2.03. The van der Waals surface area contributed by atoms with Crippen LogP contribution >= 0.6 is 0 Å². The molecule has 0 aliphatic carbocycles. The van der Waals surface area contributed by atoms with Crippen LogP contribution < -0.4 is 0 Å². The summed E-state index contributed by atoms with van der Waals surface area (Å²) in [7, 11) is -2.84. The molecule has 0 aliphatic rings. The van der Waals surface area contributed by atoms with Gasteiger partial charge in [-0.3, -0.25) is 0 Å². The quantitative estimate of drug-likeness (QED) is 0.447. The second kappa shape index (κ2) is 9.38. The van der Waals surface area contributed by atoms with Crippen LogP contribution in [0, 0.1) is 0 Å². The summed E-state index contributed by atoms with van der Waals surface area (Å²) >= 11 is 0. The van der Waals surface area contributed by atoms with E-state index >= 15 is 0 Å². The predicted molar refractivity (Wildman–Crippen MR) is 69.6 cm³/mol. The highest BCUT2D eigenvalue weighted by molar-refractivity contribution is 6.62. The van der Waals surface area contributed by atoms with E-state index in [2.05, 4.69) is 6.58 Å². The molecule has 0 fully saturated rings. The van der Waals surface area contributed by atoms with Crippen LogP contribution in [0.2, 0.25) is 6.04 Å². The van der Waals surface area contributed by atoms with E-state index in [1.165, 1.54) is 0 Å². The summed E-state index contributed by atoms with van der Waals surface area (Å²) in [5, 5.41) is 0. The molecule has 5 heteroatoms. The van der Waals surface area contributed by atoms with Crippen molar-refractivity contribution < 1.29 is 18.1 Å². The summed E-state index contributed by atoms with van der Waals surface area (Å²) in [6.45, 7) is 10.6. The first-order chi connectivity index (χ1) is 8.14. The zero-order chi connectivity index (χ0) is 13.1. The van der Waals surface area contributed by atoms with Gasteiger partial charge >= 0.3 is 14.8 Å². The van der Waals surface area contributed by atoms with Crippen LogP contribution in [0.15, 0.2) is 12.7 Å². The van der Waals surface area contributed by atoms with E-state index in [-0.39, 0.29) is 0 Å². The Morgan fingerprint density at radius 3 is 2.00 bits per heavy atom. The summed E-state index contributed by atoms with van der Waals surface area (Å²) < 4.78 is 16.8. The Bertz CT molecular complexity index is 223. The third-order valence-corrected chi connectivity index (χ3v) is 4.94. The SMILES string of the molecule is C=CC(=O)O[Si](CCC)(OCCC)OCCC. The molecule has 0 saturated carbocycles. The number of carbonyl (C=O) groups excluding carboxylic acids is 1. The van der Waals surface area contributed by atoms with Gasteiger partial charge in [-0.05, 0) is 12.8 Å². The molecule has 0 heterocycles. The second-order valence-corrected chi connectivity index (χ2v) is 6.40. The Morgan fingerprint density at radius 1 is 1.12 bits per heavy atom. The lowest BCUT2D eigenvalue weighted by Gasteiger charge is -2.28. The van der Waals surface area contributed by atoms with Crippen molar-refractivity contribution in [1.29, 1.82) is 0 Å². The van der Waals surface area contributed by atoms with Crippen LogP contribution in [-0.2, 0) is 18.1 Å². The van der Waals surface area contributed by atoms with Crippen LogP contribution in [0.25, 0.3) is 0 Å². The zero-order valence-electron chi connectivity index (χ0n) is 11.2. The Labute approximate surface area is 105 Å². The largest absolute Gasteiger partial charge is 0.568 e. The van der Waals surface area contributed by atoms with Crippen molar-refractivity contribution in [2.45, 2.75) is 46.1 Å². The summed E-state index contributed by atoms with van der Waals surface area (Å²) in [5.41, 5.74) is 0. The molecule has 0 aromatic rings. The zero-order valence-corrected chi connectivity index (χ0v) is 12.2. The van der Waals surface area contributed by atoms with Crippen molar-refractivity contribution >= 4 is 14.8 Å². The lowest BCUT2D eigenvalue weighted by Crippen LogP contribution is -2.47. The van der Waals surface area contributed by atoms with E-state index in [9.17, 15) is 4.79 Å². The first kappa shape index (κ1) is 16.3. The number of hydrogen-bond acceptors (Lipinski definition) is 4. The maximum atomic E-state index is 11.4.